The highest BCUT2D eigenvalue weighted by atomic mass is 16.6. The SMILES string of the molecule is O=C(O)c1ccccc1.O=C1O[C@H]([C@@H](O)CO)C(O)=C1O. The molecule has 2 rings (SSSR count). The monoisotopic (exact) mass is 298 g/mol. The summed E-state index contributed by atoms with van der Waals surface area (Å²) in [6.07, 6.45) is -2.78. The van der Waals surface area contributed by atoms with Crippen molar-refractivity contribution in [1.29, 1.82) is 0 Å². The topological polar surface area (TPSA) is 145 Å². The predicted octanol–water partition coefficient (Wildman–Crippen LogP) is -0.0226. The molecule has 5 N–H and O–H groups in total. The Kier molecular flexibility index (Phi) is 5.70. The summed E-state index contributed by atoms with van der Waals surface area (Å²) in [6, 6.07) is 8.30. The number of carbonyl (C=O) groups is 2. The minimum Gasteiger partial charge on any atom is -0.505 e. The third kappa shape index (κ3) is 4.20. The van der Waals surface area contributed by atoms with Crippen LogP contribution in [0.15, 0.2) is 41.9 Å². The van der Waals surface area contributed by atoms with Crippen LogP contribution < -0.4 is 0 Å². The van der Waals surface area contributed by atoms with Crippen LogP contribution in [0.4, 0.5) is 0 Å². The predicted molar refractivity (Wildman–Crippen MR) is 68.7 cm³/mol. The van der Waals surface area contributed by atoms with Crippen LogP contribution in [-0.2, 0) is 9.53 Å². The summed E-state index contributed by atoms with van der Waals surface area (Å²) < 4.78 is 4.32. The molecule has 2 atom stereocenters. The Bertz CT molecular complexity index is 536. The van der Waals surface area contributed by atoms with Gasteiger partial charge in [-0.15, -0.1) is 0 Å². The lowest BCUT2D eigenvalue weighted by atomic mass is 10.2. The van der Waals surface area contributed by atoms with E-state index in [9.17, 15) is 9.59 Å². The third-order valence-electron chi connectivity index (χ3n) is 2.50. The van der Waals surface area contributed by atoms with E-state index >= 15 is 0 Å². The lowest BCUT2D eigenvalue weighted by molar-refractivity contribution is -0.147. The first kappa shape index (κ1) is 16.5. The maximum Gasteiger partial charge on any atom is 0.377 e. The van der Waals surface area contributed by atoms with E-state index in [2.05, 4.69) is 4.74 Å². The van der Waals surface area contributed by atoms with Crippen LogP contribution in [0, 0.1) is 0 Å². The molecule has 1 aliphatic heterocycles. The standard InChI is InChI=1S/C7H6O2.C6H8O6/c8-7(9)6-4-2-1-3-5-6;7-1-2(8)5-3(9)4(10)6(11)12-5/h1-5H,(H,8,9);2,5,7-10H,1H2/t;2-,5+/m.0/s1. The normalized spacial score (nSPS) is 18.6. The number of ether oxygens (including phenoxy) is 1. The van der Waals surface area contributed by atoms with Crippen LogP contribution in [0.1, 0.15) is 10.4 Å². The number of aliphatic hydroxyl groups excluding tert-OH is 4. The molecular weight excluding hydrogens is 284 g/mol. The first-order valence-corrected chi connectivity index (χ1v) is 5.78. The fourth-order valence-corrected chi connectivity index (χ4v) is 1.40. The first-order valence-electron chi connectivity index (χ1n) is 5.78. The molecule has 1 heterocycles. The quantitative estimate of drug-likeness (QED) is 0.489. The van der Waals surface area contributed by atoms with Crippen molar-refractivity contribution in [1.82, 2.24) is 0 Å². The maximum atomic E-state index is 10.5. The molecule has 0 fully saturated rings. The second-order valence-electron chi connectivity index (χ2n) is 3.98. The van der Waals surface area contributed by atoms with E-state index in [1.165, 1.54) is 0 Å². The Morgan fingerprint density at radius 3 is 2.14 bits per heavy atom. The van der Waals surface area contributed by atoms with Gasteiger partial charge in [-0.3, -0.25) is 0 Å². The number of aliphatic hydroxyl groups is 4. The third-order valence-corrected chi connectivity index (χ3v) is 2.50. The van der Waals surface area contributed by atoms with Crippen molar-refractivity contribution >= 4 is 11.9 Å². The highest BCUT2D eigenvalue weighted by Crippen LogP contribution is 2.20. The Balaban J connectivity index is 0.000000219. The molecule has 0 aromatic heterocycles. The molecule has 8 heteroatoms. The number of hydrogen-bond acceptors (Lipinski definition) is 7. The van der Waals surface area contributed by atoms with Gasteiger partial charge in [0.25, 0.3) is 0 Å². The Labute approximate surface area is 119 Å². The average molecular weight is 298 g/mol. The number of aromatic carboxylic acids is 1. The van der Waals surface area contributed by atoms with Crippen molar-refractivity contribution in [3.63, 3.8) is 0 Å². The van der Waals surface area contributed by atoms with E-state index in [1.807, 2.05) is 0 Å². The highest BCUT2D eigenvalue weighted by Gasteiger charge is 2.38. The van der Waals surface area contributed by atoms with Gasteiger partial charge < -0.3 is 30.3 Å². The van der Waals surface area contributed by atoms with Crippen molar-refractivity contribution in [3.05, 3.63) is 47.4 Å². The van der Waals surface area contributed by atoms with Gasteiger partial charge in [-0.1, -0.05) is 18.2 Å². The molecule has 0 spiro atoms. The second-order valence-corrected chi connectivity index (χ2v) is 3.98. The number of hydrogen-bond donors (Lipinski definition) is 5. The molecule has 1 aromatic rings. The van der Waals surface area contributed by atoms with Crippen molar-refractivity contribution in [2.24, 2.45) is 0 Å². The summed E-state index contributed by atoms with van der Waals surface area (Å²) in [4.78, 5) is 20.7. The average Bonchev–Trinajstić information content (AvgIpc) is 2.75. The molecule has 0 amide bonds. The Morgan fingerprint density at radius 1 is 1.24 bits per heavy atom. The lowest BCUT2D eigenvalue weighted by Gasteiger charge is -2.13. The van der Waals surface area contributed by atoms with Gasteiger partial charge in [0.05, 0.1) is 12.2 Å². The Hall–Kier alpha value is -2.58. The zero-order valence-electron chi connectivity index (χ0n) is 10.7. The van der Waals surface area contributed by atoms with Gasteiger partial charge in [-0.25, -0.2) is 9.59 Å². The molecule has 114 valence electrons. The largest absolute Gasteiger partial charge is 0.505 e. The molecule has 1 aromatic carbocycles. The van der Waals surface area contributed by atoms with Gasteiger partial charge in [0.1, 0.15) is 6.10 Å². The molecule has 0 saturated heterocycles. The van der Waals surface area contributed by atoms with E-state index in [0.717, 1.165) is 0 Å². The van der Waals surface area contributed by atoms with Gasteiger partial charge in [-0.2, -0.15) is 0 Å². The number of cyclic esters (lactones) is 1. The van der Waals surface area contributed by atoms with Crippen molar-refractivity contribution in [2.75, 3.05) is 6.61 Å². The Morgan fingerprint density at radius 2 is 1.81 bits per heavy atom. The van der Waals surface area contributed by atoms with Gasteiger partial charge in [0, 0.05) is 0 Å². The van der Waals surface area contributed by atoms with Gasteiger partial charge in [-0.05, 0) is 12.1 Å². The number of carboxylic acids is 1. The van der Waals surface area contributed by atoms with E-state index in [-0.39, 0.29) is 0 Å². The zero-order valence-corrected chi connectivity index (χ0v) is 10.7. The molecular formula is C13H14O8. The molecule has 0 saturated carbocycles. The minimum absolute atomic E-state index is 0.331. The summed E-state index contributed by atoms with van der Waals surface area (Å²) in [6.45, 7) is -0.671. The van der Waals surface area contributed by atoms with E-state index in [1.54, 1.807) is 30.3 Å². The summed E-state index contributed by atoms with van der Waals surface area (Å²) in [5, 5.41) is 43.4. The van der Waals surface area contributed by atoms with E-state index in [4.69, 9.17) is 25.5 Å². The highest BCUT2D eigenvalue weighted by molar-refractivity contribution is 5.89. The summed E-state index contributed by atoms with van der Waals surface area (Å²) >= 11 is 0. The van der Waals surface area contributed by atoms with Crippen molar-refractivity contribution in [3.8, 4) is 0 Å². The minimum atomic E-state index is -1.42. The van der Waals surface area contributed by atoms with Crippen LogP contribution in [0.3, 0.4) is 0 Å². The summed E-state index contributed by atoms with van der Waals surface area (Å²) in [7, 11) is 0. The van der Waals surface area contributed by atoms with Gasteiger partial charge in [0.2, 0.25) is 5.76 Å². The molecule has 1 aliphatic rings. The number of benzene rings is 1. The van der Waals surface area contributed by atoms with Crippen LogP contribution in [-0.4, -0.2) is 56.3 Å². The molecule has 0 bridgehead atoms. The molecule has 8 nitrogen and oxygen atoms in total. The first-order chi connectivity index (χ1) is 9.88. The summed E-state index contributed by atoms with van der Waals surface area (Å²) in [5.41, 5.74) is 0.331. The van der Waals surface area contributed by atoms with Crippen LogP contribution in [0.2, 0.25) is 0 Å². The smallest absolute Gasteiger partial charge is 0.377 e. The maximum absolute atomic E-state index is 10.5. The number of esters is 1. The molecule has 0 radical (unpaired) electrons. The number of carboxylic acid groups (broad SMARTS) is 1. The fourth-order valence-electron chi connectivity index (χ4n) is 1.40. The van der Waals surface area contributed by atoms with Crippen LogP contribution >= 0.6 is 0 Å². The number of carbonyl (C=O) groups excluding carboxylic acids is 1. The molecule has 21 heavy (non-hydrogen) atoms. The van der Waals surface area contributed by atoms with E-state index < -0.39 is 42.3 Å². The molecule has 0 aliphatic carbocycles. The fraction of sp³-hybridized carbons (Fsp3) is 0.231. The second kappa shape index (κ2) is 7.27. The van der Waals surface area contributed by atoms with Gasteiger partial charge >= 0.3 is 11.9 Å². The number of rotatable bonds is 3. The van der Waals surface area contributed by atoms with Crippen molar-refractivity contribution in [2.45, 2.75) is 12.2 Å². The lowest BCUT2D eigenvalue weighted by Crippen LogP contribution is -2.31. The zero-order chi connectivity index (χ0) is 16.0. The van der Waals surface area contributed by atoms with E-state index in [0.29, 0.717) is 5.56 Å². The van der Waals surface area contributed by atoms with Crippen molar-refractivity contribution < 1.29 is 39.9 Å². The van der Waals surface area contributed by atoms with Gasteiger partial charge in [0.15, 0.2) is 11.9 Å². The van der Waals surface area contributed by atoms with Crippen LogP contribution in [0.25, 0.3) is 0 Å². The summed E-state index contributed by atoms with van der Waals surface area (Å²) in [5.74, 6) is -3.66. The molecule has 0 unspecified atom stereocenters. The van der Waals surface area contributed by atoms with Crippen LogP contribution in [0.5, 0.6) is 0 Å².